The summed E-state index contributed by atoms with van der Waals surface area (Å²) in [5.41, 5.74) is -1.05. The summed E-state index contributed by atoms with van der Waals surface area (Å²) >= 11 is 0. The van der Waals surface area contributed by atoms with E-state index in [0.717, 1.165) is 52.2 Å². The van der Waals surface area contributed by atoms with E-state index in [9.17, 15) is 28.8 Å². The zero-order valence-electron chi connectivity index (χ0n) is 25.5. The van der Waals surface area contributed by atoms with Crippen molar-refractivity contribution in [3.63, 3.8) is 0 Å². The van der Waals surface area contributed by atoms with E-state index in [1.165, 1.54) is 0 Å². The number of azo groups is 2. The van der Waals surface area contributed by atoms with Crippen LogP contribution in [0.3, 0.4) is 0 Å². The number of ether oxygens (including phenoxy) is 6. The van der Waals surface area contributed by atoms with Crippen molar-refractivity contribution in [3.05, 3.63) is 0 Å². The molecule has 0 unspecified atom stereocenters. The first-order valence-electron chi connectivity index (χ1n) is 13.4. The molecule has 1 fully saturated rings. The molecule has 15 nitrogen and oxygen atoms in total. The molecule has 0 aromatic rings. The SMILES string of the molecule is CCOC(=O)[N+]1=NC2(CCCC2)N=C1[C@@H](OC(C)=O)[C@H](OC(C)=O)[C@H](OC(C)=O)[C@@H](COC(C)=O)OC(C)=O.[Cl][Sb-]([Cl])([Cl])([Cl])([Cl])[Cl]. The van der Waals surface area contributed by atoms with E-state index in [1.807, 2.05) is 0 Å². The molecule has 2 aliphatic rings. The molecule has 0 saturated heterocycles. The van der Waals surface area contributed by atoms with Crippen LogP contribution in [0, 0.1) is 0 Å². The first-order chi connectivity index (χ1) is 20.7. The molecule has 0 N–H and O–H groups in total. The molecule has 0 bridgehead atoms. The van der Waals surface area contributed by atoms with Crippen LogP contribution in [0.1, 0.15) is 67.2 Å². The number of nitrogens with zero attached hydrogens (tertiary/aromatic N) is 3. The molecule has 264 valence electrons. The number of amidine groups is 1. The third-order valence-electron chi connectivity index (χ3n) is 5.58. The Kier molecular flexibility index (Phi) is 15.2. The van der Waals surface area contributed by atoms with E-state index in [0.29, 0.717) is 12.8 Å². The third kappa shape index (κ3) is 17.2. The van der Waals surface area contributed by atoms with Crippen LogP contribution < -0.4 is 0 Å². The van der Waals surface area contributed by atoms with Crippen molar-refractivity contribution in [2.45, 2.75) is 97.3 Å². The van der Waals surface area contributed by atoms with Gasteiger partial charge in [0.25, 0.3) is 5.66 Å². The number of rotatable bonds is 11. The standard InChI is InChI=1S/C24H34N3O12.6ClH.Sb/c1-7-34-23(33)27-22(25-24(26-27)10-8-9-11-24)21(39-17(6)32)20(38-16(5)31)19(37-15(4)30)18(36-14(3)29)12-35-13(2)28;;;;;;;/h18-21H,7-12H2,1-6H3;6*1H;/q+1;;;;;;;+5/p-6/t18-,19-,20-,21+;;;;;;;/m1......./s1. The van der Waals surface area contributed by atoms with Crippen LogP contribution >= 0.6 is 53.0 Å². The van der Waals surface area contributed by atoms with Crippen molar-refractivity contribution >= 4 is 104 Å². The average Bonchev–Trinajstić information content (AvgIpc) is 3.47. The van der Waals surface area contributed by atoms with E-state index in [2.05, 4.69) is 10.1 Å². The van der Waals surface area contributed by atoms with Crippen LogP contribution in [0.5, 0.6) is 0 Å². The normalized spacial score (nSPS) is 19.2. The molecule has 0 aromatic carbocycles. The predicted octanol–water partition coefficient (Wildman–Crippen LogP) is 5.34. The predicted molar refractivity (Wildman–Crippen MR) is 168 cm³/mol. The van der Waals surface area contributed by atoms with E-state index in [4.69, 9.17) is 81.4 Å². The molecule has 0 aromatic heterocycles. The van der Waals surface area contributed by atoms with Crippen molar-refractivity contribution in [2.75, 3.05) is 13.2 Å². The number of amides is 1. The summed E-state index contributed by atoms with van der Waals surface area (Å²) in [6.07, 6.45) is -5.10. The molecule has 1 aliphatic heterocycles. The van der Waals surface area contributed by atoms with Gasteiger partial charge in [0.1, 0.15) is 6.61 Å². The number of aliphatic imine (C=N–C) groups is 1. The molecule has 4 atom stereocenters. The number of halogens is 6. The van der Waals surface area contributed by atoms with Crippen LogP contribution in [0.4, 0.5) is 4.79 Å². The second-order valence-corrected chi connectivity index (χ2v) is 66.8. The molecule has 1 aliphatic carbocycles. The summed E-state index contributed by atoms with van der Waals surface area (Å²) in [7, 11) is 25.0. The Morgan fingerprint density at radius 1 is 0.739 bits per heavy atom. The third-order valence-corrected chi connectivity index (χ3v) is 5.58. The van der Waals surface area contributed by atoms with Crippen molar-refractivity contribution in [3.8, 4) is 0 Å². The Bertz CT molecular complexity index is 1260. The summed E-state index contributed by atoms with van der Waals surface area (Å²) in [5.74, 6) is -4.51. The maximum atomic E-state index is 12.9. The van der Waals surface area contributed by atoms with Crippen LogP contribution in [0.2, 0.25) is 0 Å². The van der Waals surface area contributed by atoms with Gasteiger partial charge in [0.15, 0.2) is 18.3 Å². The summed E-state index contributed by atoms with van der Waals surface area (Å²) in [5, 5.41) is 4.44. The zero-order valence-corrected chi connectivity index (χ0v) is 32.6. The summed E-state index contributed by atoms with van der Waals surface area (Å²) in [6, 6.07) is 0. The van der Waals surface area contributed by atoms with E-state index < -0.39 is 81.8 Å². The molecule has 1 heterocycles. The zero-order chi connectivity index (χ0) is 35.7. The second-order valence-electron chi connectivity index (χ2n) is 9.86. The summed E-state index contributed by atoms with van der Waals surface area (Å²) < 4.78 is 32.6. The van der Waals surface area contributed by atoms with Crippen LogP contribution in [0.25, 0.3) is 0 Å². The van der Waals surface area contributed by atoms with Crippen LogP contribution in [0.15, 0.2) is 10.1 Å². The quantitative estimate of drug-likeness (QED) is 0.113. The van der Waals surface area contributed by atoms with Crippen LogP contribution in [-0.4, -0.2) is 98.9 Å². The monoisotopic (exact) mass is 887 g/mol. The summed E-state index contributed by atoms with van der Waals surface area (Å²) in [4.78, 5) is 77.6. The van der Waals surface area contributed by atoms with Gasteiger partial charge in [-0.25, -0.2) is 0 Å². The molecule has 1 spiro atoms. The van der Waals surface area contributed by atoms with Crippen molar-refractivity contribution < 1.29 is 61.9 Å². The van der Waals surface area contributed by atoms with E-state index in [-0.39, 0.29) is 12.4 Å². The fourth-order valence-electron chi connectivity index (χ4n) is 4.27. The first kappa shape index (κ1) is 42.7. The number of hydrogen-bond donors (Lipinski definition) is 0. The van der Waals surface area contributed by atoms with Gasteiger partial charge in [-0.3, -0.25) is 24.0 Å². The Hall–Kier alpha value is -1.35. The van der Waals surface area contributed by atoms with Gasteiger partial charge < -0.3 is 28.4 Å². The summed E-state index contributed by atoms with van der Waals surface area (Å²) in [6.45, 7) is 6.26. The number of esters is 5. The van der Waals surface area contributed by atoms with Gasteiger partial charge in [-0.1, -0.05) is 5.11 Å². The molecule has 22 heteroatoms. The topological polar surface area (TPSA) is 186 Å². The number of hydrogen-bond acceptors (Lipinski definition) is 14. The van der Waals surface area contributed by atoms with Gasteiger partial charge in [-0.2, -0.15) is 4.79 Å². The first-order valence-corrected chi connectivity index (χ1v) is 32.8. The fraction of sp³-hybridized carbons (Fsp3) is 0.708. The van der Waals surface area contributed by atoms with E-state index in [1.54, 1.807) is 6.92 Å². The number of carbonyl (C=O) groups excluding carboxylic acids is 6. The molecule has 2 rings (SSSR count). The molecule has 46 heavy (non-hydrogen) atoms. The van der Waals surface area contributed by atoms with Gasteiger partial charge in [0.2, 0.25) is 6.10 Å². The van der Waals surface area contributed by atoms with Crippen molar-refractivity contribution in [1.82, 2.24) is 0 Å². The Balaban J connectivity index is 0.00000135. The van der Waals surface area contributed by atoms with Gasteiger partial charge in [0.05, 0.1) is 6.61 Å². The number of carbonyl (C=O) groups is 6. The fourth-order valence-corrected chi connectivity index (χ4v) is 4.27. The van der Waals surface area contributed by atoms with Gasteiger partial charge >= 0.3 is 104 Å². The maximum absolute atomic E-state index is 12.9. The van der Waals surface area contributed by atoms with Gasteiger partial charge in [-0.15, -0.1) is 0 Å². The van der Waals surface area contributed by atoms with E-state index >= 15 is 0 Å². The Labute approximate surface area is 284 Å². The van der Waals surface area contributed by atoms with Gasteiger partial charge in [-0.05, 0) is 29.5 Å². The molecular weight excluding hydrogens is 857 g/mol. The molecular formula is C24H34Cl6N3O12Sb. The second kappa shape index (κ2) is 16.4. The van der Waals surface area contributed by atoms with Gasteiger partial charge in [0, 0.05) is 47.5 Å². The van der Waals surface area contributed by atoms with Crippen molar-refractivity contribution in [1.29, 1.82) is 0 Å². The molecule has 0 radical (unpaired) electrons. The van der Waals surface area contributed by atoms with Crippen molar-refractivity contribution in [2.24, 2.45) is 10.1 Å². The minimum absolute atomic E-state index is 0.0102. The Morgan fingerprint density at radius 2 is 1.20 bits per heavy atom. The Morgan fingerprint density at radius 3 is 1.61 bits per heavy atom. The molecule has 1 amide bonds. The van der Waals surface area contributed by atoms with Crippen LogP contribution in [-0.2, 0) is 52.4 Å². The minimum atomic E-state index is -5.42. The molecule has 1 saturated carbocycles. The average molecular weight is 891 g/mol.